The van der Waals surface area contributed by atoms with E-state index in [1.807, 2.05) is 38.2 Å². The first-order chi connectivity index (χ1) is 11.5. The lowest BCUT2D eigenvalue weighted by atomic mass is 10.1. The number of allylic oxidation sites excluding steroid dienone is 6. The van der Waals surface area contributed by atoms with Crippen LogP contribution in [0.5, 0.6) is 0 Å². The van der Waals surface area contributed by atoms with E-state index in [0.717, 1.165) is 18.6 Å². The molecule has 0 aliphatic rings. The predicted molar refractivity (Wildman–Crippen MR) is 109 cm³/mol. The topological polar surface area (TPSA) is 24.7 Å². The minimum atomic E-state index is 0.688. The lowest BCUT2D eigenvalue weighted by molar-refractivity contribution is 1.08. The zero-order valence-electron chi connectivity index (χ0n) is 15.3. The Hall–Kier alpha value is -2.58. The molecule has 0 saturated heterocycles. The number of rotatable bonds is 9. The van der Waals surface area contributed by atoms with E-state index < -0.39 is 0 Å². The molecule has 0 saturated carbocycles. The first kappa shape index (κ1) is 21.4. The second kappa shape index (κ2) is 14.0. The number of hydrogen-bond donors (Lipinski definition) is 0. The van der Waals surface area contributed by atoms with Gasteiger partial charge in [0.15, 0.2) is 0 Å². The van der Waals surface area contributed by atoms with Crippen LogP contribution in [0.25, 0.3) is 0 Å². The summed E-state index contributed by atoms with van der Waals surface area (Å²) in [5.41, 5.74) is 4.62. The Balaban J connectivity index is 4.65. The van der Waals surface area contributed by atoms with Gasteiger partial charge in [0.05, 0.1) is 13.1 Å². The monoisotopic (exact) mass is 320 g/mol. The summed E-state index contributed by atoms with van der Waals surface area (Å²) < 4.78 is 0. The quantitative estimate of drug-likeness (QED) is 0.326. The van der Waals surface area contributed by atoms with Gasteiger partial charge in [0.1, 0.15) is 0 Å². The molecule has 0 atom stereocenters. The molecule has 0 aliphatic heterocycles. The van der Waals surface area contributed by atoms with Gasteiger partial charge in [-0.2, -0.15) is 0 Å². The third-order valence-corrected chi connectivity index (χ3v) is 3.16. The first-order valence-electron chi connectivity index (χ1n) is 8.12. The van der Waals surface area contributed by atoms with Gasteiger partial charge in [0.25, 0.3) is 0 Å². The molecule has 24 heavy (non-hydrogen) atoms. The molecule has 2 nitrogen and oxygen atoms in total. The summed E-state index contributed by atoms with van der Waals surface area (Å²) in [7, 11) is 0. The zero-order chi connectivity index (χ0) is 18.2. The molecule has 0 heterocycles. The summed E-state index contributed by atoms with van der Waals surface area (Å²) in [6, 6.07) is 0. The maximum Gasteiger partial charge on any atom is 0.0599 e. The van der Waals surface area contributed by atoms with E-state index in [0.29, 0.717) is 13.1 Å². The molecule has 0 aliphatic carbocycles. The molecule has 126 valence electrons. The smallest absolute Gasteiger partial charge is 0.0599 e. The Morgan fingerprint density at radius 1 is 0.875 bits per heavy atom. The normalized spacial score (nSPS) is 14.2. The molecule has 0 radical (unpaired) electrons. The molecule has 0 aromatic rings. The van der Waals surface area contributed by atoms with E-state index in [9.17, 15) is 0 Å². The van der Waals surface area contributed by atoms with Crippen molar-refractivity contribution in [2.45, 2.75) is 40.5 Å². The summed E-state index contributed by atoms with van der Waals surface area (Å²) >= 11 is 0. The van der Waals surface area contributed by atoms with Crippen LogP contribution in [-0.2, 0) is 0 Å². The van der Waals surface area contributed by atoms with Gasteiger partial charge < -0.3 is 0 Å². The van der Waals surface area contributed by atoms with Crippen LogP contribution in [0.15, 0.2) is 57.6 Å². The maximum absolute atomic E-state index is 5.17. The Kier molecular flexibility index (Phi) is 12.5. The Bertz CT molecular complexity index is 638. The van der Waals surface area contributed by atoms with E-state index in [-0.39, 0.29) is 0 Å². The maximum atomic E-state index is 5.17. The number of terminal acetylenes is 2. The fraction of sp³-hybridized carbons (Fsp3) is 0.364. The average Bonchev–Trinajstić information content (AvgIpc) is 2.57. The van der Waals surface area contributed by atoms with E-state index in [4.69, 9.17) is 12.8 Å². The predicted octanol–water partition coefficient (Wildman–Crippen LogP) is 4.96. The first-order valence-corrected chi connectivity index (χ1v) is 8.12. The van der Waals surface area contributed by atoms with Crippen LogP contribution in [0.3, 0.4) is 0 Å². The summed E-state index contributed by atoms with van der Waals surface area (Å²) in [6.07, 6.45) is 23.2. The SMILES string of the molecule is C#C/C=C\C=C(\C)CN=C(C)CC(CC)=NC/C(C)=C\C=C/C#C. The Morgan fingerprint density at radius 3 is 1.83 bits per heavy atom. The van der Waals surface area contributed by atoms with Gasteiger partial charge in [-0.3, -0.25) is 9.98 Å². The molecule has 0 aromatic heterocycles. The minimum absolute atomic E-state index is 0.688. The van der Waals surface area contributed by atoms with Crippen LogP contribution in [0.1, 0.15) is 40.5 Å². The van der Waals surface area contributed by atoms with Crippen LogP contribution in [0.2, 0.25) is 0 Å². The molecule has 0 rings (SSSR count). The fourth-order valence-corrected chi connectivity index (χ4v) is 1.78. The van der Waals surface area contributed by atoms with E-state index >= 15 is 0 Å². The highest BCUT2D eigenvalue weighted by Crippen LogP contribution is 2.02. The van der Waals surface area contributed by atoms with Crippen LogP contribution in [-0.4, -0.2) is 24.5 Å². The molecule has 0 unspecified atom stereocenters. The molecule has 0 fully saturated rings. The molecule has 0 spiro atoms. The van der Waals surface area contributed by atoms with Crippen molar-refractivity contribution in [3.63, 3.8) is 0 Å². The standard InChI is InChI=1S/C22H28N2/c1-7-10-12-14-19(4)17-23-21(6)16-22(9-3)24-18-20(5)15-13-11-8-2/h1-2,10-15H,9,16-18H2,3-6H3/b12-10-,13-11-,19-14-,20-15-,23-21?,24-22?. The van der Waals surface area contributed by atoms with E-state index in [1.165, 1.54) is 16.9 Å². The van der Waals surface area contributed by atoms with E-state index in [2.05, 4.69) is 35.7 Å². The van der Waals surface area contributed by atoms with Crippen molar-refractivity contribution in [3.05, 3.63) is 47.6 Å². The van der Waals surface area contributed by atoms with Crippen molar-refractivity contribution in [2.75, 3.05) is 13.1 Å². The van der Waals surface area contributed by atoms with Gasteiger partial charge in [-0.05, 0) is 39.3 Å². The molecule has 0 aromatic carbocycles. The minimum Gasteiger partial charge on any atom is -0.290 e. The van der Waals surface area contributed by atoms with Gasteiger partial charge in [-0.25, -0.2) is 0 Å². The van der Waals surface area contributed by atoms with Crippen molar-refractivity contribution in [1.82, 2.24) is 0 Å². The summed E-state index contributed by atoms with van der Waals surface area (Å²) in [5.74, 6) is 4.93. The van der Waals surface area contributed by atoms with Gasteiger partial charge in [0.2, 0.25) is 0 Å². The molecular weight excluding hydrogens is 292 g/mol. The van der Waals surface area contributed by atoms with Crippen LogP contribution < -0.4 is 0 Å². The highest BCUT2D eigenvalue weighted by molar-refractivity contribution is 6.03. The largest absolute Gasteiger partial charge is 0.290 e. The number of nitrogens with zero attached hydrogens (tertiary/aromatic N) is 2. The highest BCUT2D eigenvalue weighted by Gasteiger charge is 2.00. The molecule has 0 bridgehead atoms. The molecule has 0 N–H and O–H groups in total. The van der Waals surface area contributed by atoms with E-state index in [1.54, 1.807) is 12.2 Å². The molecule has 0 amide bonds. The summed E-state index contributed by atoms with van der Waals surface area (Å²) in [5, 5.41) is 0. The zero-order valence-corrected chi connectivity index (χ0v) is 15.3. The van der Waals surface area contributed by atoms with Crippen molar-refractivity contribution in [1.29, 1.82) is 0 Å². The summed E-state index contributed by atoms with van der Waals surface area (Å²) in [4.78, 5) is 9.30. The molecular formula is C22H28N2. The van der Waals surface area contributed by atoms with Crippen molar-refractivity contribution in [3.8, 4) is 24.7 Å². The Labute approximate surface area is 147 Å². The van der Waals surface area contributed by atoms with Crippen LogP contribution in [0, 0.1) is 24.7 Å². The van der Waals surface area contributed by atoms with Gasteiger partial charge in [-0.15, -0.1) is 12.8 Å². The van der Waals surface area contributed by atoms with Crippen molar-refractivity contribution >= 4 is 11.4 Å². The van der Waals surface area contributed by atoms with Crippen molar-refractivity contribution in [2.24, 2.45) is 9.98 Å². The van der Waals surface area contributed by atoms with Gasteiger partial charge in [0, 0.05) is 17.8 Å². The summed E-state index contributed by atoms with van der Waals surface area (Å²) in [6.45, 7) is 9.66. The fourth-order valence-electron chi connectivity index (χ4n) is 1.78. The van der Waals surface area contributed by atoms with Gasteiger partial charge >= 0.3 is 0 Å². The van der Waals surface area contributed by atoms with Crippen LogP contribution in [0.4, 0.5) is 0 Å². The highest BCUT2D eigenvalue weighted by atomic mass is 14.8. The second-order valence-corrected chi connectivity index (χ2v) is 5.54. The second-order valence-electron chi connectivity index (χ2n) is 5.54. The third kappa shape index (κ3) is 12.0. The number of aliphatic imine (C=N–C) groups is 2. The third-order valence-electron chi connectivity index (χ3n) is 3.16. The van der Waals surface area contributed by atoms with Crippen LogP contribution >= 0.6 is 0 Å². The average molecular weight is 320 g/mol. The lowest BCUT2D eigenvalue weighted by Gasteiger charge is -2.05. The number of hydrogen-bond acceptors (Lipinski definition) is 2. The van der Waals surface area contributed by atoms with Gasteiger partial charge in [-0.1, -0.05) is 54.2 Å². The lowest BCUT2D eigenvalue weighted by Crippen LogP contribution is -2.06. The Morgan fingerprint density at radius 2 is 1.38 bits per heavy atom. The van der Waals surface area contributed by atoms with Crippen molar-refractivity contribution < 1.29 is 0 Å². The molecule has 2 heteroatoms.